The second-order valence-electron chi connectivity index (χ2n) is 3.07. The summed E-state index contributed by atoms with van der Waals surface area (Å²) in [4.78, 5) is 4.02. The molecule has 1 aromatic heterocycles. The van der Waals surface area contributed by atoms with E-state index in [1.807, 2.05) is 7.05 Å². The minimum absolute atomic E-state index is 0.0642. The standard InChI is InChI=1S/C8H9AsN2O3/c1-11-5-10-7-4-6(9(12,13)14)2-3-8(7)11/h2-5H,1H3,(H2,12,13,14). The molecule has 14 heavy (non-hydrogen) atoms. The molecule has 5 nitrogen and oxygen atoms in total. The Morgan fingerprint density at radius 2 is 2.14 bits per heavy atom. The fourth-order valence-electron chi connectivity index (χ4n) is 1.31. The quantitative estimate of drug-likeness (QED) is 0.651. The van der Waals surface area contributed by atoms with Crippen LogP contribution in [-0.4, -0.2) is 31.9 Å². The summed E-state index contributed by atoms with van der Waals surface area (Å²) < 4.78 is 30.9. The average molecular weight is 256 g/mol. The minimum atomic E-state index is -4.77. The molecule has 2 aromatic rings. The van der Waals surface area contributed by atoms with Crippen LogP contribution in [0.4, 0.5) is 0 Å². The van der Waals surface area contributed by atoms with Crippen LogP contribution in [0.25, 0.3) is 11.0 Å². The molecule has 0 atom stereocenters. The van der Waals surface area contributed by atoms with Crippen LogP contribution in [0.3, 0.4) is 0 Å². The van der Waals surface area contributed by atoms with Gasteiger partial charge in [0.1, 0.15) is 0 Å². The van der Waals surface area contributed by atoms with Gasteiger partial charge in [-0.05, 0) is 0 Å². The first-order valence-corrected chi connectivity index (χ1v) is 7.34. The van der Waals surface area contributed by atoms with Crippen molar-refractivity contribution in [2.45, 2.75) is 0 Å². The molecule has 2 rings (SSSR count). The first-order chi connectivity index (χ1) is 6.48. The second kappa shape index (κ2) is 2.98. The summed E-state index contributed by atoms with van der Waals surface area (Å²) in [5.74, 6) is 0. The molecule has 1 aromatic carbocycles. The number of nitrogens with zero attached hydrogens (tertiary/aromatic N) is 2. The fraction of sp³-hybridized carbons (Fsp3) is 0.125. The van der Waals surface area contributed by atoms with Gasteiger partial charge in [0.15, 0.2) is 0 Å². The van der Waals surface area contributed by atoms with Crippen LogP contribution in [0.5, 0.6) is 0 Å². The van der Waals surface area contributed by atoms with Crippen LogP contribution < -0.4 is 4.35 Å². The van der Waals surface area contributed by atoms with Gasteiger partial charge in [-0.25, -0.2) is 0 Å². The maximum atomic E-state index is 11.0. The summed E-state index contributed by atoms with van der Waals surface area (Å²) in [6.07, 6.45) is 1.61. The number of imidazole rings is 1. The van der Waals surface area contributed by atoms with Crippen molar-refractivity contribution in [3.63, 3.8) is 0 Å². The number of aromatic nitrogens is 2. The molecule has 2 N–H and O–H groups in total. The van der Waals surface area contributed by atoms with E-state index in [0.717, 1.165) is 5.52 Å². The van der Waals surface area contributed by atoms with Crippen LogP contribution in [-0.2, 0) is 10.8 Å². The predicted octanol–water partition coefficient (Wildman–Crippen LogP) is -0.866. The van der Waals surface area contributed by atoms with Gasteiger partial charge >= 0.3 is 82.6 Å². The monoisotopic (exact) mass is 256 g/mol. The third-order valence-electron chi connectivity index (χ3n) is 2.05. The van der Waals surface area contributed by atoms with Crippen LogP contribution in [0, 0.1) is 0 Å². The molecular weight excluding hydrogens is 247 g/mol. The van der Waals surface area contributed by atoms with E-state index < -0.39 is 14.2 Å². The molecule has 0 spiro atoms. The SMILES string of the molecule is Cn1cnc2cc([As](=O)(O)O)ccc21. The van der Waals surface area contributed by atoms with Crippen LogP contribution >= 0.6 is 0 Å². The van der Waals surface area contributed by atoms with Gasteiger partial charge in [-0.2, -0.15) is 0 Å². The van der Waals surface area contributed by atoms with E-state index in [-0.39, 0.29) is 4.35 Å². The summed E-state index contributed by atoms with van der Waals surface area (Å²) in [6.45, 7) is 0. The molecule has 0 aliphatic carbocycles. The van der Waals surface area contributed by atoms with E-state index in [9.17, 15) is 3.74 Å². The van der Waals surface area contributed by atoms with E-state index in [2.05, 4.69) is 4.98 Å². The van der Waals surface area contributed by atoms with Gasteiger partial charge in [-0.15, -0.1) is 0 Å². The van der Waals surface area contributed by atoms with E-state index >= 15 is 0 Å². The van der Waals surface area contributed by atoms with Gasteiger partial charge in [0.25, 0.3) is 0 Å². The van der Waals surface area contributed by atoms with Crippen molar-refractivity contribution in [2.75, 3.05) is 0 Å². The van der Waals surface area contributed by atoms with Crippen LogP contribution in [0.2, 0.25) is 0 Å². The summed E-state index contributed by atoms with van der Waals surface area (Å²) in [5, 5.41) is 0. The first-order valence-electron chi connectivity index (χ1n) is 3.96. The molecule has 0 saturated carbocycles. The Labute approximate surface area is 83.0 Å². The Balaban J connectivity index is 2.69. The molecule has 0 aliphatic rings. The predicted molar refractivity (Wildman–Crippen MR) is 51.2 cm³/mol. The number of fused-ring (bicyclic) bond motifs is 1. The Kier molecular flexibility index (Phi) is 2.03. The van der Waals surface area contributed by atoms with Gasteiger partial charge in [-0.1, -0.05) is 0 Å². The van der Waals surface area contributed by atoms with Crippen molar-refractivity contribution in [1.82, 2.24) is 9.55 Å². The van der Waals surface area contributed by atoms with E-state index in [4.69, 9.17) is 8.19 Å². The van der Waals surface area contributed by atoms with Crippen molar-refractivity contribution < 1.29 is 11.9 Å². The number of benzene rings is 1. The van der Waals surface area contributed by atoms with Crippen molar-refractivity contribution in [1.29, 1.82) is 0 Å². The van der Waals surface area contributed by atoms with Gasteiger partial charge in [-0.3, -0.25) is 0 Å². The fourth-order valence-corrected chi connectivity index (χ4v) is 2.48. The van der Waals surface area contributed by atoms with Gasteiger partial charge in [0, 0.05) is 0 Å². The molecule has 0 unspecified atom stereocenters. The van der Waals surface area contributed by atoms with E-state index in [1.165, 1.54) is 12.1 Å². The van der Waals surface area contributed by atoms with Crippen molar-refractivity contribution in [3.05, 3.63) is 24.5 Å². The third-order valence-corrected chi connectivity index (χ3v) is 4.04. The van der Waals surface area contributed by atoms with Crippen molar-refractivity contribution in [2.24, 2.45) is 7.05 Å². The Hall–Kier alpha value is -1.03. The molecule has 6 heteroatoms. The van der Waals surface area contributed by atoms with Crippen LogP contribution in [0.1, 0.15) is 0 Å². The number of aryl methyl sites for hydroxylation is 1. The second-order valence-corrected chi connectivity index (χ2v) is 6.44. The Morgan fingerprint density at radius 1 is 1.43 bits per heavy atom. The van der Waals surface area contributed by atoms with E-state index in [1.54, 1.807) is 17.0 Å². The van der Waals surface area contributed by atoms with Gasteiger partial charge in [0.05, 0.1) is 0 Å². The molecule has 0 bridgehead atoms. The molecular formula is C8H9AsN2O3. The summed E-state index contributed by atoms with van der Waals surface area (Å²) in [7, 11) is 1.83. The summed E-state index contributed by atoms with van der Waals surface area (Å²) in [6, 6.07) is 4.55. The van der Waals surface area contributed by atoms with Crippen LogP contribution in [0.15, 0.2) is 24.5 Å². The molecule has 0 saturated heterocycles. The molecule has 74 valence electrons. The molecule has 0 fully saturated rings. The zero-order chi connectivity index (χ0) is 10.3. The zero-order valence-electron chi connectivity index (χ0n) is 7.45. The number of rotatable bonds is 1. The number of hydrogen-bond donors (Lipinski definition) is 2. The summed E-state index contributed by atoms with van der Waals surface area (Å²) >= 11 is -4.77. The Bertz CT molecular complexity index is 528. The third kappa shape index (κ3) is 1.50. The Morgan fingerprint density at radius 3 is 2.79 bits per heavy atom. The molecule has 0 radical (unpaired) electrons. The van der Waals surface area contributed by atoms with Gasteiger partial charge < -0.3 is 0 Å². The molecule has 0 aliphatic heterocycles. The molecule has 0 amide bonds. The topological polar surface area (TPSA) is 75.4 Å². The summed E-state index contributed by atoms with van der Waals surface area (Å²) in [5.41, 5.74) is 1.47. The van der Waals surface area contributed by atoms with Crippen molar-refractivity contribution >= 4 is 29.6 Å². The number of hydrogen-bond acceptors (Lipinski definition) is 2. The van der Waals surface area contributed by atoms with E-state index in [0.29, 0.717) is 5.52 Å². The zero-order valence-corrected chi connectivity index (χ0v) is 9.33. The first kappa shape index (κ1) is 9.52. The van der Waals surface area contributed by atoms with Gasteiger partial charge in [0.2, 0.25) is 0 Å². The maximum absolute atomic E-state index is 11.0. The average Bonchev–Trinajstić information content (AvgIpc) is 2.46. The van der Waals surface area contributed by atoms with Crippen molar-refractivity contribution in [3.8, 4) is 0 Å². The normalized spacial score (nSPS) is 12.2. The molecule has 1 heterocycles.